The van der Waals surface area contributed by atoms with Crippen molar-refractivity contribution in [3.05, 3.63) is 52.6 Å². The van der Waals surface area contributed by atoms with Gasteiger partial charge in [-0.2, -0.15) is 0 Å². The Morgan fingerprint density at radius 1 is 1.00 bits per heavy atom. The summed E-state index contributed by atoms with van der Waals surface area (Å²) < 4.78 is 0. The fraction of sp³-hybridized carbons (Fsp3) is 0.250. The maximum Gasteiger partial charge on any atom is -0.0106 e. The first-order valence-electron chi connectivity index (χ1n) is 5.95. The van der Waals surface area contributed by atoms with Crippen LogP contribution in [0, 0.1) is 13.8 Å². The van der Waals surface area contributed by atoms with Crippen LogP contribution in [0.1, 0.15) is 28.7 Å². The molecular weight excluding hydrogens is 192 g/mol. The van der Waals surface area contributed by atoms with Gasteiger partial charge in [0.25, 0.3) is 0 Å². The van der Waals surface area contributed by atoms with Crippen LogP contribution in [0.3, 0.4) is 0 Å². The maximum atomic E-state index is 2.33. The Morgan fingerprint density at radius 2 is 1.81 bits per heavy atom. The van der Waals surface area contributed by atoms with Crippen LogP contribution in [0.15, 0.2) is 30.3 Å². The van der Waals surface area contributed by atoms with E-state index < -0.39 is 0 Å². The molecule has 2 aromatic rings. The van der Waals surface area contributed by atoms with Gasteiger partial charge in [0, 0.05) is 0 Å². The largest absolute Gasteiger partial charge is 0.0836 e. The number of allylic oxidation sites excluding steroid dienone is 1. The molecule has 0 radical (unpaired) electrons. The third kappa shape index (κ3) is 1.37. The molecule has 0 nitrogen and oxygen atoms in total. The van der Waals surface area contributed by atoms with Gasteiger partial charge in [0.05, 0.1) is 0 Å². The number of hydrogen-bond donors (Lipinski definition) is 0. The number of rotatable bonds is 0. The molecule has 1 aliphatic carbocycles. The molecule has 0 spiro atoms. The quantitative estimate of drug-likeness (QED) is 0.601. The summed E-state index contributed by atoms with van der Waals surface area (Å²) in [7, 11) is 0. The minimum absolute atomic E-state index is 1.18. The molecule has 0 saturated carbocycles. The Labute approximate surface area is 96.6 Å². The fourth-order valence-electron chi connectivity index (χ4n) is 2.52. The standard InChI is InChI=1S/C16H16/c1-11-9-14-8-7-13-5-3-4-6-15(13)16(14)10-12(11)2/h4,6-10H,3,5H2,1-2H3. The lowest BCUT2D eigenvalue weighted by atomic mass is 9.90. The second-order valence-corrected chi connectivity index (χ2v) is 4.74. The van der Waals surface area contributed by atoms with E-state index in [2.05, 4.69) is 50.3 Å². The van der Waals surface area contributed by atoms with E-state index in [4.69, 9.17) is 0 Å². The number of hydrogen-bond acceptors (Lipinski definition) is 0. The van der Waals surface area contributed by atoms with Crippen molar-refractivity contribution in [3.63, 3.8) is 0 Å². The van der Waals surface area contributed by atoms with E-state index in [1.165, 1.54) is 45.9 Å². The molecule has 0 amide bonds. The van der Waals surface area contributed by atoms with Gasteiger partial charge in [0.15, 0.2) is 0 Å². The monoisotopic (exact) mass is 208 g/mol. The average molecular weight is 208 g/mol. The molecule has 0 N–H and O–H groups in total. The minimum Gasteiger partial charge on any atom is -0.0836 e. The van der Waals surface area contributed by atoms with Crippen LogP contribution in [-0.4, -0.2) is 0 Å². The van der Waals surface area contributed by atoms with Gasteiger partial charge >= 0.3 is 0 Å². The van der Waals surface area contributed by atoms with Crippen molar-refractivity contribution in [1.29, 1.82) is 0 Å². The van der Waals surface area contributed by atoms with Crippen LogP contribution >= 0.6 is 0 Å². The zero-order chi connectivity index (χ0) is 11.1. The first-order chi connectivity index (χ1) is 7.75. The van der Waals surface area contributed by atoms with Crippen LogP contribution in [0.5, 0.6) is 0 Å². The molecule has 80 valence electrons. The lowest BCUT2D eigenvalue weighted by Gasteiger charge is -2.14. The molecule has 2 aromatic carbocycles. The SMILES string of the molecule is Cc1cc2ccc3c(c2cc1C)C=CCC3. The molecule has 0 aromatic heterocycles. The lowest BCUT2D eigenvalue weighted by Crippen LogP contribution is -1.95. The molecule has 0 aliphatic heterocycles. The molecule has 16 heavy (non-hydrogen) atoms. The Kier molecular flexibility index (Phi) is 2.10. The third-order valence-corrected chi connectivity index (χ3v) is 3.63. The van der Waals surface area contributed by atoms with Gasteiger partial charge < -0.3 is 0 Å². The van der Waals surface area contributed by atoms with Crippen molar-refractivity contribution in [2.24, 2.45) is 0 Å². The first-order valence-corrected chi connectivity index (χ1v) is 5.95. The number of aryl methyl sites for hydroxylation is 3. The van der Waals surface area contributed by atoms with E-state index in [0.29, 0.717) is 0 Å². The van der Waals surface area contributed by atoms with E-state index in [9.17, 15) is 0 Å². The molecule has 1 aliphatic rings. The normalized spacial score (nSPS) is 14.1. The van der Waals surface area contributed by atoms with E-state index in [0.717, 1.165) is 0 Å². The van der Waals surface area contributed by atoms with Crippen molar-refractivity contribution in [3.8, 4) is 0 Å². The summed E-state index contributed by atoms with van der Waals surface area (Å²) in [6.07, 6.45) is 6.95. The predicted molar refractivity (Wildman–Crippen MR) is 70.8 cm³/mol. The van der Waals surface area contributed by atoms with Gasteiger partial charge in [-0.15, -0.1) is 0 Å². The highest BCUT2D eigenvalue weighted by Crippen LogP contribution is 2.29. The number of benzene rings is 2. The van der Waals surface area contributed by atoms with Crippen LogP contribution < -0.4 is 0 Å². The molecule has 0 heteroatoms. The topological polar surface area (TPSA) is 0 Å². The third-order valence-electron chi connectivity index (χ3n) is 3.63. The molecule has 3 rings (SSSR count). The van der Waals surface area contributed by atoms with Crippen LogP contribution in [0.25, 0.3) is 16.8 Å². The van der Waals surface area contributed by atoms with Gasteiger partial charge in [0.2, 0.25) is 0 Å². The molecule has 0 fully saturated rings. The second-order valence-electron chi connectivity index (χ2n) is 4.74. The summed E-state index contributed by atoms with van der Waals surface area (Å²) in [5.41, 5.74) is 5.71. The van der Waals surface area contributed by atoms with Crippen molar-refractivity contribution in [2.45, 2.75) is 26.7 Å². The molecule has 0 saturated heterocycles. The smallest absolute Gasteiger partial charge is 0.0106 e. The van der Waals surface area contributed by atoms with Crippen LogP contribution in [-0.2, 0) is 6.42 Å². The Hall–Kier alpha value is -1.56. The Balaban J connectivity index is 2.40. The van der Waals surface area contributed by atoms with E-state index in [1.54, 1.807) is 0 Å². The van der Waals surface area contributed by atoms with E-state index in [1.807, 2.05) is 0 Å². The van der Waals surface area contributed by atoms with Gasteiger partial charge in [-0.1, -0.05) is 36.4 Å². The zero-order valence-corrected chi connectivity index (χ0v) is 9.88. The van der Waals surface area contributed by atoms with Gasteiger partial charge in [0.1, 0.15) is 0 Å². The maximum absolute atomic E-state index is 2.33. The fourth-order valence-corrected chi connectivity index (χ4v) is 2.52. The average Bonchev–Trinajstić information content (AvgIpc) is 2.31. The van der Waals surface area contributed by atoms with Crippen molar-refractivity contribution < 1.29 is 0 Å². The highest BCUT2D eigenvalue weighted by atomic mass is 14.1. The molecule has 0 bridgehead atoms. The Bertz CT molecular complexity index is 589. The van der Waals surface area contributed by atoms with Crippen molar-refractivity contribution in [2.75, 3.05) is 0 Å². The highest BCUT2D eigenvalue weighted by molar-refractivity contribution is 5.93. The molecule has 0 atom stereocenters. The van der Waals surface area contributed by atoms with Gasteiger partial charge in [-0.05, 0) is 59.7 Å². The van der Waals surface area contributed by atoms with Crippen LogP contribution in [0.4, 0.5) is 0 Å². The highest BCUT2D eigenvalue weighted by Gasteiger charge is 2.08. The molecule has 0 heterocycles. The summed E-state index contributed by atoms with van der Waals surface area (Å²) in [5.74, 6) is 0. The molecular formula is C16H16. The second kappa shape index (κ2) is 3.48. The Morgan fingerprint density at radius 3 is 2.69 bits per heavy atom. The zero-order valence-electron chi connectivity index (χ0n) is 9.88. The first kappa shape index (κ1) is 9.65. The summed E-state index contributed by atoms with van der Waals surface area (Å²) in [6.45, 7) is 4.38. The summed E-state index contributed by atoms with van der Waals surface area (Å²) in [4.78, 5) is 0. The summed E-state index contributed by atoms with van der Waals surface area (Å²) in [5, 5.41) is 2.78. The van der Waals surface area contributed by atoms with Crippen molar-refractivity contribution >= 4 is 16.8 Å². The van der Waals surface area contributed by atoms with E-state index in [-0.39, 0.29) is 0 Å². The lowest BCUT2D eigenvalue weighted by molar-refractivity contribution is 0.990. The summed E-state index contributed by atoms with van der Waals surface area (Å²) in [6, 6.07) is 9.18. The van der Waals surface area contributed by atoms with Crippen molar-refractivity contribution in [1.82, 2.24) is 0 Å². The predicted octanol–water partition coefficient (Wildman–Crippen LogP) is 4.42. The molecule has 0 unspecified atom stereocenters. The number of fused-ring (bicyclic) bond motifs is 3. The van der Waals surface area contributed by atoms with E-state index >= 15 is 0 Å². The minimum atomic E-state index is 1.18. The van der Waals surface area contributed by atoms with Gasteiger partial charge in [-0.25, -0.2) is 0 Å². The van der Waals surface area contributed by atoms with Gasteiger partial charge in [-0.3, -0.25) is 0 Å². The summed E-state index contributed by atoms with van der Waals surface area (Å²) >= 11 is 0. The van der Waals surface area contributed by atoms with Crippen LogP contribution in [0.2, 0.25) is 0 Å².